The summed E-state index contributed by atoms with van der Waals surface area (Å²) in [5, 5.41) is 0. The van der Waals surface area contributed by atoms with Crippen molar-refractivity contribution >= 4 is 54.8 Å². The molecule has 1 fully saturated rings. The van der Waals surface area contributed by atoms with Crippen molar-refractivity contribution < 1.29 is 52.8 Å². The first-order valence-corrected chi connectivity index (χ1v) is 29.9. The second kappa shape index (κ2) is 21.7. The molecule has 0 bridgehead atoms. The Morgan fingerprint density at radius 3 is 1.58 bits per heavy atom. The summed E-state index contributed by atoms with van der Waals surface area (Å²) in [5.74, 6) is 2.71. The van der Waals surface area contributed by atoms with Gasteiger partial charge in [-0.3, -0.25) is 0 Å². The van der Waals surface area contributed by atoms with E-state index in [1.165, 1.54) is 33.6 Å². The SMILES string of the molecule is CC(C)c1cccc(C(C)C)c1N1[CH-]N(c2c(C(C)C)cccc2C(C)C)CC1.CCC1CN(C(=O)c2ccc(C[n+]3ccccc3)cc2)c2cccc([CH]=[Ru]([Cl])[Cl])c2O1.F[P-](F)(F)(F)(F)F. The quantitative estimate of drug-likeness (QED) is 0.0434. The van der Waals surface area contributed by atoms with Gasteiger partial charge in [-0.05, 0) is 45.9 Å². The van der Waals surface area contributed by atoms with Crippen LogP contribution in [-0.2, 0) is 20.1 Å². The van der Waals surface area contributed by atoms with Crippen LogP contribution in [0.3, 0.4) is 0 Å². The number of hydrogen-bond donors (Lipinski definition) is 0. The summed E-state index contributed by atoms with van der Waals surface area (Å²) in [5.41, 5.74) is 12.1. The minimum atomic E-state index is -10.7. The van der Waals surface area contributed by atoms with Crippen LogP contribution in [0.2, 0.25) is 0 Å². The van der Waals surface area contributed by atoms with Crippen LogP contribution in [0.25, 0.3) is 0 Å². The van der Waals surface area contributed by atoms with Gasteiger partial charge in [0.15, 0.2) is 12.4 Å². The number of anilines is 3. The zero-order valence-electron chi connectivity index (χ0n) is 39.4. The molecule has 67 heavy (non-hydrogen) atoms. The number of carbonyl (C=O) groups excluding carboxylic acids is 1. The molecule has 1 unspecified atom stereocenters. The number of amides is 1. The van der Waals surface area contributed by atoms with Crippen LogP contribution >= 0.6 is 27.2 Å². The van der Waals surface area contributed by atoms with E-state index in [1.54, 1.807) is 0 Å². The Morgan fingerprint density at radius 1 is 0.716 bits per heavy atom. The van der Waals surface area contributed by atoms with Gasteiger partial charge in [0.1, 0.15) is 0 Å². The number of benzene rings is 4. The maximum absolute atomic E-state index is 13.4. The molecule has 1 saturated heterocycles. The molecule has 6 nitrogen and oxygen atoms in total. The van der Waals surface area contributed by atoms with E-state index < -0.39 is 21.3 Å². The van der Waals surface area contributed by atoms with Crippen LogP contribution in [0.15, 0.2) is 109 Å². The molecule has 4 aromatic carbocycles. The summed E-state index contributed by atoms with van der Waals surface area (Å²) in [6.45, 7) is 26.2. The second-order valence-corrected chi connectivity index (χ2v) is 25.6. The summed E-state index contributed by atoms with van der Waals surface area (Å²) in [6.07, 6.45) is 4.77. The van der Waals surface area contributed by atoms with E-state index in [0.29, 0.717) is 41.5 Å². The Hall–Kier alpha value is -4.02. The molecule has 1 aromatic heterocycles. The minimum absolute atomic E-state index is 0.0370. The molecule has 16 heteroatoms. The van der Waals surface area contributed by atoms with Gasteiger partial charge in [0.25, 0.3) is 0 Å². The molecule has 0 N–H and O–H groups in total. The van der Waals surface area contributed by atoms with Crippen molar-refractivity contribution in [2.75, 3.05) is 34.3 Å². The van der Waals surface area contributed by atoms with Crippen molar-refractivity contribution in [1.29, 1.82) is 0 Å². The van der Waals surface area contributed by atoms with Gasteiger partial charge < -0.3 is 9.80 Å². The van der Waals surface area contributed by atoms with E-state index in [-0.39, 0.29) is 12.0 Å². The normalized spacial score (nSPS) is 16.1. The van der Waals surface area contributed by atoms with E-state index in [2.05, 4.69) is 120 Å². The summed E-state index contributed by atoms with van der Waals surface area (Å²) in [7, 11) is 1.56. The average Bonchev–Trinajstić information content (AvgIpc) is 3.75. The van der Waals surface area contributed by atoms with Crippen LogP contribution in [0.4, 0.5) is 42.2 Å². The predicted molar refractivity (Wildman–Crippen MR) is 264 cm³/mol. The van der Waals surface area contributed by atoms with Crippen molar-refractivity contribution in [2.24, 2.45) is 0 Å². The number of halogens is 8. The van der Waals surface area contributed by atoms with Gasteiger partial charge in [-0.2, -0.15) is 6.67 Å². The molecule has 0 spiro atoms. The number of nitrogens with zero attached hydrogens (tertiary/aromatic N) is 4. The Morgan fingerprint density at radius 2 is 1.16 bits per heavy atom. The van der Waals surface area contributed by atoms with Crippen LogP contribution in [0.1, 0.15) is 136 Å². The monoisotopic (exact) mass is 1080 g/mol. The van der Waals surface area contributed by atoms with Crippen LogP contribution < -0.4 is 24.0 Å². The van der Waals surface area contributed by atoms with Gasteiger partial charge in [0.2, 0.25) is 0 Å². The van der Waals surface area contributed by atoms with Gasteiger partial charge in [-0.1, -0.05) is 97.9 Å². The third-order valence-electron chi connectivity index (χ3n) is 11.3. The van der Waals surface area contributed by atoms with E-state index in [4.69, 9.17) is 24.1 Å². The molecule has 0 saturated carbocycles. The van der Waals surface area contributed by atoms with Crippen molar-refractivity contribution in [2.45, 2.75) is 105 Å². The number of pyridine rings is 1. The summed E-state index contributed by atoms with van der Waals surface area (Å²) >= 11 is -2.02. The first-order valence-electron chi connectivity index (χ1n) is 22.4. The molecule has 1 atom stereocenters. The molecule has 368 valence electrons. The fourth-order valence-electron chi connectivity index (χ4n) is 8.14. The second-order valence-electron chi connectivity index (χ2n) is 18.0. The number of para-hydroxylation sites is 3. The molecule has 5 aromatic rings. The predicted octanol–water partition coefficient (Wildman–Crippen LogP) is 15.9. The van der Waals surface area contributed by atoms with Crippen molar-refractivity contribution in [1.82, 2.24) is 0 Å². The number of carbonyl (C=O) groups is 1. The Kier molecular flexibility index (Phi) is 17.5. The van der Waals surface area contributed by atoms with Gasteiger partial charge in [0.05, 0.1) is 0 Å². The first-order chi connectivity index (χ1) is 31.2. The number of rotatable bonds is 11. The van der Waals surface area contributed by atoms with Crippen LogP contribution in [0, 0.1) is 6.67 Å². The van der Waals surface area contributed by atoms with Gasteiger partial charge in [-0.25, -0.2) is 0 Å². The van der Waals surface area contributed by atoms with Gasteiger partial charge in [0, 0.05) is 36.6 Å². The average molecular weight is 1080 g/mol. The zero-order chi connectivity index (χ0) is 49.5. The van der Waals surface area contributed by atoms with E-state index >= 15 is 0 Å². The molecule has 3 heterocycles. The molecular formula is C51H62Cl2F6N4O2PRu-. The summed E-state index contributed by atoms with van der Waals surface area (Å²) in [4.78, 5) is 20.3. The number of hydrogen-bond acceptors (Lipinski definition) is 4. The number of fused-ring (bicyclic) bond motifs is 1. The molecular weight excluding hydrogens is 1020 g/mol. The topological polar surface area (TPSA) is 39.9 Å². The number of ether oxygens (including phenoxy) is 1. The number of aromatic nitrogens is 1. The molecule has 2 aliphatic heterocycles. The molecule has 1 amide bonds. The standard InChI is InChI=1S/C27H39N2.C24H23N2O2.2ClH.F6P.Ru/c1-18(2)22-11-9-12-23(19(3)4)26(22)28-15-16-29(17-28)27-24(20(5)6)13-10-14-25(27)21(7)8;1-3-21-17-26(22-9-7-8-18(2)23(22)28-21)24(27)20-12-10-19(11-13-20)16-25-14-5-4-6-15-25;;;1-7(2,3,4,5)6;/h9-14,17-21H,15-16H2,1-8H3;2,4-15,21H,3,16-17H2,1H3;2*1H;;/q-1;+1;;;-1;+2/p-2. The van der Waals surface area contributed by atoms with Crippen molar-refractivity contribution in [3.05, 3.63) is 155 Å². The molecule has 0 radical (unpaired) electrons. The van der Waals surface area contributed by atoms with Crippen LogP contribution in [0.5, 0.6) is 5.75 Å². The molecule has 2 aliphatic rings. The van der Waals surface area contributed by atoms with E-state index in [9.17, 15) is 30.0 Å². The molecule has 0 aliphatic carbocycles. The summed E-state index contributed by atoms with van der Waals surface area (Å²) in [6, 6.07) is 33.3. The van der Waals surface area contributed by atoms with Crippen molar-refractivity contribution in [3.8, 4) is 5.75 Å². The fraction of sp³-hybridized carbons (Fsp3) is 0.373. The third-order valence-corrected chi connectivity index (χ3v) is 13.2. The molecule has 7 rings (SSSR count). The van der Waals surface area contributed by atoms with Gasteiger partial charge >= 0.3 is 199 Å². The van der Waals surface area contributed by atoms with E-state index in [1.807, 2.05) is 82.6 Å². The van der Waals surface area contributed by atoms with E-state index in [0.717, 1.165) is 42.9 Å². The fourth-order valence-corrected chi connectivity index (χ4v) is 9.93. The van der Waals surface area contributed by atoms with Crippen molar-refractivity contribution in [3.63, 3.8) is 0 Å². The summed E-state index contributed by atoms with van der Waals surface area (Å²) < 4.78 is 69.4. The maximum atomic E-state index is 13.4. The van der Waals surface area contributed by atoms with Gasteiger partial charge in [-0.15, -0.1) is 0 Å². The Bertz CT molecular complexity index is 2370. The Labute approximate surface area is 405 Å². The van der Waals surface area contributed by atoms with Crippen LogP contribution in [-0.4, -0.2) is 36.3 Å². The first kappa shape index (κ1) is 53.9. The zero-order valence-corrected chi connectivity index (χ0v) is 43.5. The third kappa shape index (κ3) is 15.8. The Balaban J connectivity index is 0.000000220.